The van der Waals surface area contributed by atoms with Crippen LogP contribution in [0, 0.1) is 17.0 Å². The van der Waals surface area contributed by atoms with Crippen molar-refractivity contribution in [2.75, 3.05) is 12.4 Å². The van der Waals surface area contributed by atoms with Gasteiger partial charge in [-0.1, -0.05) is 0 Å². The van der Waals surface area contributed by atoms with Gasteiger partial charge < -0.3 is 10.1 Å². The van der Waals surface area contributed by atoms with Crippen LogP contribution in [0.4, 0.5) is 17.2 Å². The van der Waals surface area contributed by atoms with Crippen LogP contribution in [0.25, 0.3) is 11.4 Å². The summed E-state index contributed by atoms with van der Waals surface area (Å²) < 4.78 is 4.56. The number of nitrogens with one attached hydrogen (secondary N) is 1. The molecule has 2 aromatic heterocycles. The number of rotatable bonds is 5. The summed E-state index contributed by atoms with van der Waals surface area (Å²) in [7, 11) is 1.19. The van der Waals surface area contributed by atoms with Crippen LogP contribution in [0.3, 0.4) is 0 Å². The minimum Gasteiger partial charge on any atom is -0.465 e. The van der Waals surface area contributed by atoms with E-state index in [0.29, 0.717) is 11.5 Å². The second kappa shape index (κ2) is 7.56. The van der Waals surface area contributed by atoms with Crippen molar-refractivity contribution in [1.29, 1.82) is 0 Å². The van der Waals surface area contributed by atoms with Crippen LogP contribution in [0.15, 0.2) is 48.8 Å². The van der Waals surface area contributed by atoms with Gasteiger partial charge in [0.05, 0.1) is 17.6 Å². The number of aromatic nitrogens is 3. The summed E-state index contributed by atoms with van der Waals surface area (Å²) in [4.78, 5) is 34.8. The minimum atomic E-state index is -0.695. The summed E-state index contributed by atoms with van der Waals surface area (Å²) in [5, 5.41) is 14.2. The van der Waals surface area contributed by atoms with Gasteiger partial charge in [-0.05, 0) is 37.3 Å². The van der Waals surface area contributed by atoms with E-state index in [2.05, 4.69) is 25.0 Å². The van der Waals surface area contributed by atoms with E-state index in [9.17, 15) is 14.9 Å². The lowest BCUT2D eigenvalue weighted by Crippen LogP contribution is -2.06. The van der Waals surface area contributed by atoms with Crippen LogP contribution in [-0.4, -0.2) is 33.0 Å². The number of carbonyl (C=O) groups excluding carboxylic acids is 1. The van der Waals surface area contributed by atoms with Gasteiger partial charge in [0.1, 0.15) is 0 Å². The number of nitro groups is 1. The van der Waals surface area contributed by atoms with Crippen molar-refractivity contribution in [3.8, 4) is 11.4 Å². The van der Waals surface area contributed by atoms with Crippen LogP contribution in [0.2, 0.25) is 0 Å². The molecule has 2 heterocycles. The van der Waals surface area contributed by atoms with Crippen LogP contribution >= 0.6 is 0 Å². The van der Waals surface area contributed by atoms with Gasteiger partial charge in [0.25, 0.3) is 0 Å². The molecule has 0 radical (unpaired) electrons. The molecule has 27 heavy (non-hydrogen) atoms. The highest BCUT2D eigenvalue weighted by molar-refractivity contribution is 5.90. The number of hydrogen-bond acceptors (Lipinski definition) is 8. The molecule has 0 aliphatic rings. The molecule has 0 aliphatic carbocycles. The summed E-state index contributed by atoms with van der Waals surface area (Å²) in [5.41, 5.74) is 1.93. The van der Waals surface area contributed by atoms with Gasteiger partial charge in [0.2, 0.25) is 5.82 Å². The maximum absolute atomic E-state index is 11.5. The van der Waals surface area contributed by atoms with Crippen molar-refractivity contribution < 1.29 is 14.5 Å². The largest absolute Gasteiger partial charge is 0.465 e. The molecule has 0 atom stereocenters. The highest BCUT2D eigenvalue weighted by Crippen LogP contribution is 2.27. The molecule has 0 fully saturated rings. The van der Waals surface area contributed by atoms with Crippen molar-refractivity contribution in [2.24, 2.45) is 0 Å². The van der Waals surface area contributed by atoms with Gasteiger partial charge in [0.15, 0.2) is 5.82 Å². The SMILES string of the molecule is COC(=O)c1cnc(Nc2ccc(-c3nccc(C)n3)cc2)c([N+](=O)[O-])c1. The average molecular weight is 365 g/mol. The smallest absolute Gasteiger partial charge is 0.339 e. The molecule has 9 nitrogen and oxygen atoms in total. The number of methoxy groups -OCH3 is 1. The summed E-state index contributed by atoms with van der Waals surface area (Å²) >= 11 is 0. The lowest BCUT2D eigenvalue weighted by molar-refractivity contribution is -0.384. The number of benzene rings is 1. The normalized spacial score (nSPS) is 10.3. The van der Waals surface area contributed by atoms with Crippen molar-refractivity contribution in [1.82, 2.24) is 15.0 Å². The van der Waals surface area contributed by atoms with E-state index < -0.39 is 10.9 Å². The van der Waals surface area contributed by atoms with Crippen molar-refractivity contribution >= 4 is 23.2 Å². The maximum Gasteiger partial charge on any atom is 0.339 e. The predicted molar refractivity (Wildman–Crippen MR) is 97.7 cm³/mol. The molecule has 0 bridgehead atoms. The standard InChI is InChI=1S/C18H15N5O4/c1-11-7-8-19-16(21-11)12-3-5-14(6-4-12)22-17-15(23(25)26)9-13(10-20-17)18(24)27-2/h3-10H,1-2H3,(H,20,22). The van der Waals surface area contributed by atoms with E-state index in [1.807, 2.05) is 13.0 Å². The highest BCUT2D eigenvalue weighted by Gasteiger charge is 2.19. The third-order valence-electron chi connectivity index (χ3n) is 3.69. The number of aryl methyl sites for hydroxylation is 1. The molecular weight excluding hydrogens is 350 g/mol. The molecule has 3 rings (SSSR count). The van der Waals surface area contributed by atoms with E-state index >= 15 is 0 Å². The molecular formula is C18H15N5O4. The maximum atomic E-state index is 11.5. The Kier molecular flexibility index (Phi) is 5.02. The Hall–Kier alpha value is -3.88. The van der Waals surface area contributed by atoms with Gasteiger partial charge in [-0.2, -0.15) is 0 Å². The predicted octanol–water partition coefficient (Wildman–Crippen LogP) is 3.29. The Morgan fingerprint density at radius 1 is 1.19 bits per heavy atom. The van der Waals surface area contributed by atoms with E-state index in [0.717, 1.165) is 17.3 Å². The average Bonchev–Trinajstić information content (AvgIpc) is 2.68. The number of ether oxygens (including phenoxy) is 1. The summed E-state index contributed by atoms with van der Waals surface area (Å²) in [6.07, 6.45) is 2.90. The first kappa shape index (κ1) is 17.9. The fourth-order valence-electron chi connectivity index (χ4n) is 2.35. The van der Waals surface area contributed by atoms with Crippen molar-refractivity contribution in [2.45, 2.75) is 6.92 Å². The Balaban J connectivity index is 1.86. The topological polar surface area (TPSA) is 120 Å². The van der Waals surface area contributed by atoms with Crippen molar-refractivity contribution in [3.05, 3.63) is 70.2 Å². The number of carbonyl (C=O) groups is 1. The summed E-state index contributed by atoms with van der Waals surface area (Å²) in [6, 6.07) is 10.00. The van der Waals surface area contributed by atoms with Crippen molar-refractivity contribution in [3.63, 3.8) is 0 Å². The first-order chi connectivity index (χ1) is 13.0. The van der Waals surface area contributed by atoms with Gasteiger partial charge in [-0.25, -0.2) is 19.7 Å². The van der Waals surface area contributed by atoms with E-state index in [-0.39, 0.29) is 17.1 Å². The molecule has 0 aliphatic heterocycles. The monoisotopic (exact) mass is 365 g/mol. The lowest BCUT2D eigenvalue weighted by Gasteiger charge is -2.08. The number of hydrogen-bond donors (Lipinski definition) is 1. The fourth-order valence-corrected chi connectivity index (χ4v) is 2.35. The van der Waals surface area contributed by atoms with Crippen LogP contribution in [0.1, 0.15) is 16.1 Å². The number of pyridine rings is 1. The Morgan fingerprint density at radius 2 is 1.93 bits per heavy atom. The zero-order valence-corrected chi connectivity index (χ0v) is 14.5. The number of anilines is 2. The lowest BCUT2D eigenvalue weighted by atomic mass is 10.2. The van der Waals surface area contributed by atoms with Crippen LogP contribution in [0.5, 0.6) is 0 Å². The van der Waals surface area contributed by atoms with Gasteiger partial charge in [-0.3, -0.25) is 10.1 Å². The number of esters is 1. The van der Waals surface area contributed by atoms with Gasteiger partial charge in [0, 0.05) is 35.4 Å². The second-order valence-electron chi connectivity index (χ2n) is 5.56. The minimum absolute atomic E-state index is 0.00157. The molecule has 136 valence electrons. The molecule has 1 N–H and O–H groups in total. The van der Waals surface area contributed by atoms with Crippen LogP contribution in [-0.2, 0) is 4.74 Å². The first-order valence-electron chi connectivity index (χ1n) is 7.88. The van der Waals surface area contributed by atoms with Crippen LogP contribution < -0.4 is 5.32 Å². The van der Waals surface area contributed by atoms with Gasteiger partial charge >= 0.3 is 11.7 Å². The first-order valence-corrected chi connectivity index (χ1v) is 7.88. The molecule has 0 saturated heterocycles. The Bertz CT molecular complexity index is 1000. The van der Waals surface area contributed by atoms with E-state index in [4.69, 9.17) is 0 Å². The third kappa shape index (κ3) is 4.03. The van der Waals surface area contributed by atoms with E-state index in [1.165, 1.54) is 13.3 Å². The highest BCUT2D eigenvalue weighted by atomic mass is 16.6. The second-order valence-corrected chi connectivity index (χ2v) is 5.56. The Morgan fingerprint density at radius 3 is 2.56 bits per heavy atom. The summed E-state index contributed by atoms with van der Waals surface area (Å²) in [6.45, 7) is 1.88. The molecule has 0 unspecified atom stereocenters. The molecule has 0 saturated carbocycles. The molecule has 3 aromatic rings. The quantitative estimate of drug-likeness (QED) is 0.415. The molecule has 9 heteroatoms. The Labute approximate surface area is 154 Å². The molecule has 0 spiro atoms. The zero-order valence-electron chi connectivity index (χ0n) is 14.5. The zero-order chi connectivity index (χ0) is 19.4. The van der Waals surface area contributed by atoms with E-state index in [1.54, 1.807) is 30.5 Å². The molecule has 0 amide bonds. The fraction of sp³-hybridized carbons (Fsp3) is 0.111. The number of nitrogens with zero attached hydrogens (tertiary/aromatic N) is 4. The third-order valence-corrected chi connectivity index (χ3v) is 3.69. The summed E-state index contributed by atoms with van der Waals surface area (Å²) in [5.74, 6) is -0.0834. The van der Waals surface area contributed by atoms with Gasteiger partial charge in [-0.15, -0.1) is 0 Å². The molecule has 1 aromatic carbocycles.